The Morgan fingerprint density at radius 2 is 2.04 bits per heavy atom. The van der Waals surface area contributed by atoms with E-state index in [0.717, 1.165) is 36.1 Å². The summed E-state index contributed by atoms with van der Waals surface area (Å²) in [6, 6.07) is 6.00. The van der Waals surface area contributed by atoms with Gasteiger partial charge < -0.3 is 25.0 Å². The van der Waals surface area contributed by atoms with Crippen molar-refractivity contribution in [2.45, 2.75) is 18.2 Å². The molecule has 27 heavy (non-hydrogen) atoms. The molecule has 3 aliphatic heterocycles. The van der Waals surface area contributed by atoms with Gasteiger partial charge in [-0.2, -0.15) is 0 Å². The Morgan fingerprint density at radius 3 is 2.74 bits per heavy atom. The van der Waals surface area contributed by atoms with Crippen LogP contribution in [-0.4, -0.2) is 54.8 Å². The van der Waals surface area contributed by atoms with E-state index in [2.05, 4.69) is 17.1 Å². The lowest BCUT2D eigenvalue weighted by Gasteiger charge is -2.35. The summed E-state index contributed by atoms with van der Waals surface area (Å²) in [7, 11) is 3.70. The number of fused-ring (bicyclic) bond motifs is 1. The van der Waals surface area contributed by atoms with Crippen LogP contribution in [0.25, 0.3) is 5.31 Å². The second-order valence-electron chi connectivity index (χ2n) is 6.87. The fourth-order valence-electron chi connectivity index (χ4n) is 3.64. The topological polar surface area (TPSA) is 68.0 Å². The summed E-state index contributed by atoms with van der Waals surface area (Å²) in [4.78, 5) is 16.9. The second kappa shape index (κ2) is 7.37. The first kappa shape index (κ1) is 18.1. The van der Waals surface area contributed by atoms with Crippen molar-refractivity contribution < 1.29 is 14.3 Å². The van der Waals surface area contributed by atoms with Crippen molar-refractivity contribution in [3.8, 4) is 11.5 Å². The lowest BCUT2D eigenvalue weighted by atomic mass is 10.1. The molecule has 1 aromatic carbocycles. The van der Waals surface area contributed by atoms with Crippen molar-refractivity contribution >= 4 is 19.8 Å². The molecule has 0 aliphatic carbocycles. The molecule has 4 rings (SSSR count). The number of hydrogen-bond donors (Lipinski definition) is 1. The third-order valence-corrected chi connectivity index (χ3v) is 6.64. The predicted molar refractivity (Wildman–Crippen MR) is 108 cm³/mol. The summed E-state index contributed by atoms with van der Waals surface area (Å²) in [5, 5.41) is 1.03. The van der Waals surface area contributed by atoms with Crippen molar-refractivity contribution in [3.63, 3.8) is 0 Å². The average Bonchev–Trinajstić information content (AvgIpc) is 3.13. The Hall–Kier alpha value is -2.30. The predicted octanol–water partition coefficient (Wildman–Crippen LogP) is 2.34. The minimum Gasteiger partial charge on any atom is -0.493 e. The highest BCUT2D eigenvalue weighted by atomic mass is 31.1. The van der Waals surface area contributed by atoms with Crippen molar-refractivity contribution in [1.29, 1.82) is 0 Å². The van der Waals surface area contributed by atoms with E-state index in [1.165, 1.54) is 0 Å². The molecule has 0 saturated carbocycles. The van der Waals surface area contributed by atoms with Crippen LogP contribution < -0.4 is 15.2 Å². The molecule has 0 spiro atoms. The van der Waals surface area contributed by atoms with E-state index >= 15 is 0 Å². The number of carbonyl (C=O) groups is 1. The third-order valence-electron chi connectivity index (χ3n) is 5.13. The van der Waals surface area contributed by atoms with Gasteiger partial charge in [0.15, 0.2) is 11.5 Å². The van der Waals surface area contributed by atoms with Crippen LogP contribution >= 0.6 is 8.58 Å². The molecule has 1 fully saturated rings. The zero-order chi connectivity index (χ0) is 19.0. The number of methoxy groups -OCH3 is 2. The molecule has 1 aromatic rings. The van der Waals surface area contributed by atoms with E-state index < -0.39 is 0 Å². The lowest BCUT2D eigenvalue weighted by Crippen LogP contribution is -2.37. The first-order chi connectivity index (χ1) is 13.1. The number of likely N-dealkylation sites (tertiary alicyclic amines) is 1. The van der Waals surface area contributed by atoms with Gasteiger partial charge in [0.05, 0.1) is 25.7 Å². The normalized spacial score (nSPS) is 25.4. The summed E-state index contributed by atoms with van der Waals surface area (Å²) in [6.45, 7) is 1.79. The third kappa shape index (κ3) is 3.47. The number of nitrogens with zero attached hydrogens (tertiary/aromatic N) is 2. The Balaban J connectivity index is 1.58. The summed E-state index contributed by atoms with van der Waals surface area (Å²) >= 11 is 0. The van der Waals surface area contributed by atoms with E-state index in [9.17, 15) is 4.79 Å². The van der Waals surface area contributed by atoms with E-state index in [-0.39, 0.29) is 17.7 Å². The first-order valence-electron chi connectivity index (χ1n) is 9.02. The van der Waals surface area contributed by atoms with Gasteiger partial charge in [-0.15, -0.1) is 0 Å². The van der Waals surface area contributed by atoms with Crippen LogP contribution in [0, 0.1) is 0 Å². The zero-order valence-corrected chi connectivity index (χ0v) is 16.5. The Bertz CT molecular complexity index is 849. The molecule has 3 heterocycles. The van der Waals surface area contributed by atoms with Gasteiger partial charge in [0.1, 0.15) is 0 Å². The maximum Gasteiger partial charge on any atom is 0.252 e. The average molecular weight is 385 g/mol. The molecule has 1 saturated heterocycles. The summed E-state index contributed by atoms with van der Waals surface area (Å²) < 4.78 is 10.7. The monoisotopic (exact) mass is 385 g/mol. The Kier molecular flexibility index (Phi) is 4.94. The van der Waals surface area contributed by atoms with Crippen molar-refractivity contribution in [3.05, 3.63) is 53.9 Å². The van der Waals surface area contributed by atoms with E-state index in [4.69, 9.17) is 15.2 Å². The largest absolute Gasteiger partial charge is 0.493 e. The number of hydrogen-bond acceptors (Lipinski definition) is 5. The molecule has 1 amide bonds. The van der Waals surface area contributed by atoms with E-state index in [0.29, 0.717) is 20.1 Å². The van der Waals surface area contributed by atoms with Crippen molar-refractivity contribution in [1.82, 2.24) is 9.80 Å². The summed E-state index contributed by atoms with van der Waals surface area (Å²) in [5.74, 6) is 1.42. The lowest BCUT2D eigenvalue weighted by molar-refractivity contribution is -0.123. The van der Waals surface area contributed by atoms with Crippen molar-refractivity contribution in [2.24, 2.45) is 5.73 Å². The number of amides is 1. The number of allylic oxidation sites excluding steroid dienone is 1. The van der Waals surface area contributed by atoms with Crippen LogP contribution in [0.2, 0.25) is 0 Å². The second-order valence-corrected chi connectivity index (χ2v) is 8.29. The molecule has 0 bridgehead atoms. The van der Waals surface area contributed by atoms with Crippen LogP contribution in [0.3, 0.4) is 0 Å². The molecule has 2 N–H and O–H groups in total. The SMILES string of the molecule is COc1ccc(C2=CC(=O)N3C=C(N4CC[C@H](N)C4)C=CC3P2)cc1OC. The fraction of sp³-hybridized carbons (Fsp3) is 0.350. The summed E-state index contributed by atoms with van der Waals surface area (Å²) in [5.41, 5.74) is 8.08. The van der Waals surface area contributed by atoms with Gasteiger partial charge in [0.25, 0.3) is 5.91 Å². The molecular formula is C20H24N3O3P. The van der Waals surface area contributed by atoms with Gasteiger partial charge in [-0.25, -0.2) is 0 Å². The van der Waals surface area contributed by atoms with E-state index in [1.54, 1.807) is 20.3 Å². The van der Waals surface area contributed by atoms with Gasteiger partial charge in [0.2, 0.25) is 0 Å². The molecule has 6 nitrogen and oxygen atoms in total. The smallest absolute Gasteiger partial charge is 0.252 e. The quantitative estimate of drug-likeness (QED) is 0.806. The van der Waals surface area contributed by atoms with Gasteiger partial charge in [0, 0.05) is 31.4 Å². The van der Waals surface area contributed by atoms with Crippen LogP contribution in [0.1, 0.15) is 12.0 Å². The Labute approximate surface area is 161 Å². The molecule has 2 unspecified atom stereocenters. The molecule has 142 valence electrons. The minimum absolute atomic E-state index is 0.00822. The molecule has 0 radical (unpaired) electrons. The van der Waals surface area contributed by atoms with Crippen LogP contribution in [0.4, 0.5) is 0 Å². The summed E-state index contributed by atoms with van der Waals surface area (Å²) in [6.07, 6.45) is 8.95. The minimum atomic E-state index is 0.00822. The number of benzene rings is 1. The van der Waals surface area contributed by atoms with Crippen LogP contribution in [-0.2, 0) is 4.79 Å². The zero-order valence-electron chi connectivity index (χ0n) is 15.5. The van der Waals surface area contributed by atoms with Gasteiger partial charge in [-0.05, 0) is 35.5 Å². The van der Waals surface area contributed by atoms with Crippen LogP contribution in [0.15, 0.2) is 48.3 Å². The van der Waals surface area contributed by atoms with Crippen molar-refractivity contribution in [2.75, 3.05) is 27.3 Å². The standard InChI is InChI=1S/C20H24N3O3P/c1-25-16-5-3-13(9-17(16)26-2)18-10-19(24)23-12-15(4-6-20(23)27-18)22-8-7-14(21)11-22/h3-6,9-10,12,14,20,27H,7-8,11,21H2,1-2H3/t14-,20?/m0/s1. The first-order valence-corrected chi connectivity index (χ1v) is 10.1. The maximum absolute atomic E-state index is 12.8. The van der Waals surface area contributed by atoms with Gasteiger partial charge >= 0.3 is 0 Å². The molecule has 0 aromatic heterocycles. The molecular weight excluding hydrogens is 361 g/mol. The van der Waals surface area contributed by atoms with Gasteiger partial charge in [-0.1, -0.05) is 20.7 Å². The van der Waals surface area contributed by atoms with Gasteiger partial charge in [-0.3, -0.25) is 4.79 Å². The highest BCUT2D eigenvalue weighted by molar-refractivity contribution is 7.51. The van der Waals surface area contributed by atoms with Crippen LogP contribution in [0.5, 0.6) is 11.5 Å². The molecule has 7 heteroatoms. The Morgan fingerprint density at radius 1 is 1.22 bits per heavy atom. The molecule has 3 aliphatic rings. The highest BCUT2D eigenvalue weighted by Crippen LogP contribution is 2.46. The highest BCUT2D eigenvalue weighted by Gasteiger charge is 2.30. The number of carbonyl (C=O) groups excluding carboxylic acids is 1. The number of rotatable bonds is 4. The maximum atomic E-state index is 12.8. The fourth-order valence-corrected chi connectivity index (χ4v) is 5.03. The van der Waals surface area contributed by atoms with E-state index in [1.807, 2.05) is 29.3 Å². The molecule has 3 atom stereocenters. The number of nitrogens with two attached hydrogens (primary N) is 1. The number of ether oxygens (including phenoxy) is 2.